The van der Waals surface area contributed by atoms with Gasteiger partial charge in [-0.25, -0.2) is 0 Å². The van der Waals surface area contributed by atoms with Crippen LogP contribution in [-0.2, 0) is 20.0 Å². The molecule has 0 spiro atoms. The maximum atomic E-state index is 12.6. The molecule has 5 nitrogen and oxygen atoms in total. The molecular weight excluding hydrogens is 502 g/mol. The maximum absolute atomic E-state index is 12.6. The van der Waals surface area contributed by atoms with E-state index in [0.29, 0.717) is 39.0 Å². The molecule has 2 unspecified atom stereocenters. The molecule has 1 amide bonds. The number of benzene rings is 2. The SMILES string of the molecule is CC[CH2][Cr][CH2]CC(OC)C(C)NC(=O)c1ccc(OCCCCCCOc2ccc(Cl)cc2)cc1. The van der Waals surface area contributed by atoms with Crippen molar-refractivity contribution in [2.45, 2.75) is 75.1 Å². The van der Waals surface area contributed by atoms with Gasteiger partial charge in [0.2, 0.25) is 0 Å². The Morgan fingerprint density at radius 1 is 0.914 bits per heavy atom. The van der Waals surface area contributed by atoms with E-state index in [1.807, 2.05) is 55.5 Å². The predicted octanol–water partition coefficient (Wildman–Crippen LogP) is 7.21. The summed E-state index contributed by atoms with van der Waals surface area (Å²) in [5, 5.41) is 6.29. The van der Waals surface area contributed by atoms with E-state index >= 15 is 0 Å². The average molecular weight is 542 g/mol. The second kappa shape index (κ2) is 17.7. The second-order valence-electron chi connectivity index (χ2n) is 8.53. The summed E-state index contributed by atoms with van der Waals surface area (Å²) in [5.74, 6) is 1.56. The van der Waals surface area contributed by atoms with Crippen molar-refractivity contribution in [2.75, 3.05) is 20.3 Å². The van der Waals surface area contributed by atoms with Gasteiger partial charge >= 0.3 is 139 Å². The molecule has 0 radical (unpaired) electrons. The quantitative estimate of drug-likeness (QED) is 0.203. The fourth-order valence-electron chi connectivity index (χ4n) is 3.57. The zero-order valence-electron chi connectivity index (χ0n) is 21.3. The van der Waals surface area contributed by atoms with Gasteiger partial charge in [0.05, 0.1) is 6.61 Å². The van der Waals surface area contributed by atoms with E-state index < -0.39 is 0 Å². The standard InChI is InChI=1S/C25H33ClNO4.C3H7.Cr/c1-4-24(29-3)19(2)27-25(28)20-9-13-22(14-10-20)30-17-7-5-6-8-18-31-23-15-11-21(26)12-16-23;1-3-2;/h9-16,19,24H,1,4-8,17-18H2,2-3H3,(H,27,28);1,3H2,2H3;. The molecule has 2 rings (SSSR count). The van der Waals surface area contributed by atoms with E-state index in [2.05, 4.69) is 12.2 Å². The summed E-state index contributed by atoms with van der Waals surface area (Å²) in [6.45, 7) is 5.60. The number of hydrogen-bond acceptors (Lipinski definition) is 4. The summed E-state index contributed by atoms with van der Waals surface area (Å²) in [6.07, 6.45) is 6.45. The number of nitrogens with one attached hydrogen (secondary N) is 1. The molecule has 35 heavy (non-hydrogen) atoms. The van der Waals surface area contributed by atoms with Gasteiger partial charge in [-0.05, 0) is 49.9 Å². The number of halogens is 1. The van der Waals surface area contributed by atoms with Crippen LogP contribution in [0.25, 0.3) is 0 Å². The van der Waals surface area contributed by atoms with E-state index in [1.165, 1.54) is 17.0 Å². The van der Waals surface area contributed by atoms with E-state index in [0.717, 1.165) is 43.6 Å². The van der Waals surface area contributed by atoms with Crippen LogP contribution in [0.5, 0.6) is 11.5 Å². The Kier molecular flexibility index (Phi) is 14.9. The number of amides is 1. The van der Waals surface area contributed by atoms with E-state index in [1.54, 1.807) is 7.11 Å². The van der Waals surface area contributed by atoms with E-state index in [9.17, 15) is 4.79 Å². The van der Waals surface area contributed by atoms with Gasteiger partial charge in [-0.3, -0.25) is 0 Å². The Bertz CT molecular complexity index is 832. The van der Waals surface area contributed by atoms with Crippen molar-refractivity contribution >= 4 is 17.5 Å². The third kappa shape index (κ3) is 12.2. The van der Waals surface area contributed by atoms with Gasteiger partial charge in [0, 0.05) is 5.02 Å². The van der Waals surface area contributed by atoms with Crippen LogP contribution in [0.4, 0.5) is 0 Å². The van der Waals surface area contributed by atoms with Crippen LogP contribution in [0, 0.1) is 0 Å². The first-order valence-corrected chi connectivity index (χ1v) is 14.7. The topological polar surface area (TPSA) is 56.8 Å². The molecule has 2 aromatic carbocycles. The van der Waals surface area contributed by atoms with Gasteiger partial charge in [-0.1, -0.05) is 11.6 Å². The van der Waals surface area contributed by atoms with Gasteiger partial charge in [-0.2, -0.15) is 0 Å². The molecular formula is C28H40ClCrNO4. The summed E-state index contributed by atoms with van der Waals surface area (Å²) in [7, 11) is 1.72. The summed E-state index contributed by atoms with van der Waals surface area (Å²) in [4.78, 5) is 12.6. The Morgan fingerprint density at radius 3 is 2.03 bits per heavy atom. The van der Waals surface area contributed by atoms with Crippen molar-refractivity contribution < 1.29 is 34.2 Å². The number of carbonyl (C=O) groups is 1. The van der Waals surface area contributed by atoms with Crippen molar-refractivity contribution in [1.82, 2.24) is 5.32 Å². The Balaban J connectivity index is 1.59. The molecule has 0 heterocycles. The van der Waals surface area contributed by atoms with Crippen LogP contribution in [0.15, 0.2) is 48.5 Å². The number of hydrogen-bond donors (Lipinski definition) is 1. The summed E-state index contributed by atoms with van der Waals surface area (Å²) in [5.41, 5.74) is 0.634. The van der Waals surface area contributed by atoms with Crippen LogP contribution >= 0.6 is 11.6 Å². The number of ether oxygens (including phenoxy) is 3. The first-order chi connectivity index (χ1) is 17.0. The molecule has 0 saturated heterocycles. The van der Waals surface area contributed by atoms with Gasteiger partial charge in [-0.15, -0.1) is 0 Å². The molecule has 0 aliphatic heterocycles. The molecule has 194 valence electrons. The summed E-state index contributed by atoms with van der Waals surface area (Å²) in [6, 6.07) is 14.8. The molecule has 1 N–H and O–H groups in total. The molecule has 0 saturated carbocycles. The summed E-state index contributed by atoms with van der Waals surface area (Å²) < 4.78 is 17.2. The van der Waals surface area contributed by atoms with Crippen molar-refractivity contribution in [3.8, 4) is 11.5 Å². The molecule has 0 aliphatic carbocycles. The molecule has 0 fully saturated rings. The number of rotatable bonds is 18. The van der Waals surface area contributed by atoms with Crippen molar-refractivity contribution in [3.05, 3.63) is 59.1 Å². The molecule has 0 aliphatic rings. The summed E-state index contributed by atoms with van der Waals surface area (Å²) >= 11 is 6.54. The fraction of sp³-hybridized carbons (Fsp3) is 0.536. The van der Waals surface area contributed by atoms with E-state index in [-0.39, 0.29) is 18.1 Å². The number of unbranched alkanes of at least 4 members (excludes halogenated alkanes) is 3. The van der Waals surface area contributed by atoms with Crippen LogP contribution < -0.4 is 14.8 Å². The second-order valence-corrected chi connectivity index (χ2v) is 10.9. The van der Waals surface area contributed by atoms with Crippen molar-refractivity contribution in [1.29, 1.82) is 0 Å². The van der Waals surface area contributed by atoms with Gasteiger partial charge < -0.3 is 4.74 Å². The van der Waals surface area contributed by atoms with Crippen LogP contribution in [0.1, 0.15) is 62.7 Å². The fourth-order valence-corrected chi connectivity index (χ4v) is 5.09. The monoisotopic (exact) mass is 541 g/mol. The molecule has 2 atom stereocenters. The van der Waals surface area contributed by atoms with E-state index in [4.69, 9.17) is 25.8 Å². The molecule has 7 heteroatoms. The van der Waals surface area contributed by atoms with Crippen LogP contribution in [-0.4, -0.2) is 38.4 Å². The van der Waals surface area contributed by atoms with Crippen LogP contribution in [0.3, 0.4) is 0 Å². The molecule has 0 bridgehead atoms. The average Bonchev–Trinajstić information content (AvgIpc) is 2.87. The van der Waals surface area contributed by atoms with Gasteiger partial charge in [0.1, 0.15) is 5.75 Å². The molecule has 2 aromatic rings. The van der Waals surface area contributed by atoms with Crippen molar-refractivity contribution in [2.24, 2.45) is 0 Å². The number of methoxy groups -OCH3 is 1. The Morgan fingerprint density at radius 2 is 1.49 bits per heavy atom. The Hall–Kier alpha value is -1.71. The first-order valence-electron chi connectivity index (χ1n) is 12.6. The van der Waals surface area contributed by atoms with Gasteiger partial charge in [0.25, 0.3) is 0 Å². The normalized spacial score (nSPS) is 12.7. The number of carbonyl (C=O) groups excluding carboxylic acids is 1. The zero-order chi connectivity index (χ0) is 25.3. The molecule has 0 aromatic heterocycles. The first kappa shape index (κ1) is 29.5. The minimum absolute atomic E-state index is 0.0301. The Labute approximate surface area is 222 Å². The third-order valence-electron chi connectivity index (χ3n) is 5.62. The third-order valence-corrected chi connectivity index (χ3v) is 7.78. The predicted molar refractivity (Wildman–Crippen MR) is 140 cm³/mol. The van der Waals surface area contributed by atoms with Crippen LogP contribution in [0.2, 0.25) is 15.6 Å². The minimum atomic E-state index is -0.0778. The zero-order valence-corrected chi connectivity index (χ0v) is 23.3. The van der Waals surface area contributed by atoms with Crippen molar-refractivity contribution in [3.63, 3.8) is 0 Å². The van der Waals surface area contributed by atoms with Gasteiger partial charge in [0.15, 0.2) is 0 Å².